The van der Waals surface area contributed by atoms with Crippen LogP contribution in [0.25, 0.3) is 0 Å². The minimum absolute atomic E-state index is 0.125. The molecule has 1 aromatic carbocycles. The van der Waals surface area contributed by atoms with Crippen LogP contribution in [-0.4, -0.2) is 66.1 Å². The summed E-state index contributed by atoms with van der Waals surface area (Å²) in [5, 5.41) is 13.0. The number of aromatic nitrogens is 1. The highest BCUT2D eigenvalue weighted by molar-refractivity contribution is 5.97. The quantitative estimate of drug-likeness (QED) is 0.337. The summed E-state index contributed by atoms with van der Waals surface area (Å²) < 4.78 is 23.8. The Morgan fingerprint density at radius 1 is 1.10 bits per heavy atom. The first-order valence-electron chi connectivity index (χ1n) is 14.0. The van der Waals surface area contributed by atoms with Gasteiger partial charge in [-0.25, -0.2) is 9.78 Å². The number of methoxy groups -OCH3 is 1. The monoisotopic (exact) mass is 540 g/mol. The summed E-state index contributed by atoms with van der Waals surface area (Å²) in [6, 6.07) is 10.8. The van der Waals surface area contributed by atoms with Crippen LogP contribution in [0.15, 0.2) is 42.6 Å². The molecule has 2 fully saturated rings. The number of nitrogens with one attached hydrogen (secondary N) is 1. The van der Waals surface area contributed by atoms with Gasteiger partial charge in [0.1, 0.15) is 18.2 Å². The normalized spacial score (nSPS) is 24.3. The Kier molecular flexibility index (Phi) is 10.6. The van der Waals surface area contributed by atoms with Gasteiger partial charge >= 0.3 is 5.97 Å². The van der Waals surface area contributed by atoms with Gasteiger partial charge < -0.3 is 29.4 Å². The largest absolute Gasteiger partial charge is 0.503 e. The number of hydrogen-bond donors (Lipinski definition) is 2. The first-order valence-corrected chi connectivity index (χ1v) is 14.0. The molecular formula is C30H40N2O7. The molecule has 2 heterocycles. The van der Waals surface area contributed by atoms with Crippen molar-refractivity contribution in [2.45, 2.75) is 95.2 Å². The van der Waals surface area contributed by atoms with E-state index in [9.17, 15) is 14.7 Å². The van der Waals surface area contributed by atoms with E-state index in [0.717, 1.165) is 38.5 Å². The topological polar surface area (TPSA) is 116 Å². The Morgan fingerprint density at radius 2 is 1.87 bits per heavy atom. The molecule has 0 unspecified atom stereocenters. The lowest BCUT2D eigenvalue weighted by Crippen LogP contribution is -2.46. The van der Waals surface area contributed by atoms with Crippen molar-refractivity contribution in [1.29, 1.82) is 0 Å². The lowest BCUT2D eigenvalue weighted by molar-refractivity contribution is -0.172. The van der Waals surface area contributed by atoms with Crippen LogP contribution in [0.1, 0.15) is 74.3 Å². The average molecular weight is 541 g/mol. The van der Waals surface area contributed by atoms with E-state index in [1.807, 2.05) is 25.1 Å². The highest BCUT2D eigenvalue weighted by atomic mass is 16.6. The van der Waals surface area contributed by atoms with E-state index in [0.29, 0.717) is 25.9 Å². The Bertz CT molecular complexity index is 1070. The number of nitrogens with zero attached hydrogens (tertiary/aromatic N) is 1. The molecule has 1 amide bonds. The van der Waals surface area contributed by atoms with Crippen LogP contribution in [0.2, 0.25) is 0 Å². The molecule has 1 aliphatic heterocycles. The Labute approximate surface area is 230 Å². The van der Waals surface area contributed by atoms with E-state index >= 15 is 0 Å². The van der Waals surface area contributed by atoms with Crippen LogP contribution >= 0.6 is 0 Å². The van der Waals surface area contributed by atoms with Gasteiger partial charge in [-0.05, 0) is 57.4 Å². The van der Waals surface area contributed by atoms with Crippen LogP contribution in [0.3, 0.4) is 0 Å². The molecule has 1 saturated heterocycles. The van der Waals surface area contributed by atoms with Gasteiger partial charge in [0, 0.05) is 18.9 Å². The van der Waals surface area contributed by atoms with E-state index in [4.69, 9.17) is 18.9 Å². The van der Waals surface area contributed by atoms with Gasteiger partial charge in [-0.3, -0.25) is 4.79 Å². The molecule has 1 saturated carbocycles. The maximum atomic E-state index is 13.2. The molecule has 1 aliphatic carbocycles. The number of benzene rings is 1. The first-order chi connectivity index (χ1) is 19.0. The third kappa shape index (κ3) is 7.92. The number of hydrogen-bond acceptors (Lipinski definition) is 8. The van der Waals surface area contributed by atoms with Crippen molar-refractivity contribution in [2.24, 2.45) is 0 Å². The van der Waals surface area contributed by atoms with E-state index in [2.05, 4.69) is 22.4 Å². The lowest BCUT2D eigenvalue weighted by atomic mass is 10.0. The second-order valence-electron chi connectivity index (χ2n) is 10.3. The second-order valence-corrected chi connectivity index (χ2v) is 10.3. The van der Waals surface area contributed by atoms with E-state index < -0.39 is 30.1 Å². The molecule has 2 aliphatic rings. The van der Waals surface area contributed by atoms with Crippen molar-refractivity contribution in [3.05, 3.63) is 53.9 Å². The molecule has 39 heavy (non-hydrogen) atoms. The highest BCUT2D eigenvalue weighted by Crippen LogP contribution is 2.30. The molecule has 4 atom stereocenters. The summed E-state index contributed by atoms with van der Waals surface area (Å²) in [5.41, 5.74) is 1.04. The van der Waals surface area contributed by atoms with E-state index in [1.54, 1.807) is 0 Å². The molecule has 212 valence electrons. The summed E-state index contributed by atoms with van der Waals surface area (Å²) >= 11 is 0. The summed E-state index contributed by atoms with van der Waals surface area (Å²) in [6.07, 6.45) is 8.14. The number of ether oxygens (including phenoxy) is 4. The SMILES string of the molecule is COc1ccnc(C(=O)N[C@H]2CCC[C@H](OC3CCCC3)[C@@H](OCCCc3ccccc3)[C@H](C)OC2=O)c1O. The van der Waals surface area contributed by atoms with Crippen molar-refractivity contribution < 1.29 is 33.6 Å². The third-order valence-electron chi connectivity index (χ3n) is 7.46. The number of aryl methyl sites for hydroxylation is 1. The van der Waals surface area contributed by atoms with Gasteiger partial charge in [0.2, 0.25) is 0 Å². The zero-order valence-corrected chi connectivity index (χ0v) is 22.8. The van der Waals surface area contributed by atoms with Crippen LogP contribution < -0.4 is 10.1 Å². The first kappa shape index (κ1) is 28.8. The minimum Gasteiger partial charge on any atom is -0.503 e. The molecule has 2 aromatic rings. The fourth-order valence-corrected chi connectivity index (χ4v) is 5.37. The van der Waals surface area contributed by atoms with Crippen LogP contribution in [0.4, 0.5) is 0 Å². The van der Waals surface area contributed by atoms with Crippen LogP contribution in [-0.2, 0) is 25.4 Å². The molecule has 9 nitrogen and oxygen atoms in total. The zero-order chi connectivity index (χ0) is 27.6. The van der Waals surface area contributed by atoms with Crippen molar-refractivity contribution >= 4 is 11.9 Å². The molecule has 1 aromatic heterocycles. The predicted octanol–water partition coefficient (Wildman–Crippen LogP) is 4.36. The summed E-state index contributed by atoms with van der Waals surface area (Å²) in [7, 11) is 1.39. The summed E-state index contributed by atoms with van der Waals surface area (Å²) in [5.74, 6) is -1.47. The smallest absolute Gasteiger partial charge is 0.329 e. The van der Waals surface area contributed by atoms with Crippen molar-refractivity contribution in [2.75, 3.05) is 13.7 Å². The van der Waals surface area contributed by atoms with Gasteiger partial charge in [0.05, 0.1) is 19.3 Å². The number of cyclic esters (lactones) is 1. The standard InChI is InChI=1S/C30H40N2O7/c1-20-28(37-19-9-12-21-10-4-3-5-11-21)25(39-22-13-6-7-14-22)16-8-15-23(30(35)38-20)32-29(34)26-27(33)24(36-2)17-18-31-26/h3-5,10-11,17-18,20,22-23,25,28,33H,6-9,12-16,19H2,1-2H3,(H,32,34)/t20-,23-,25-,28-/m0/s1. The maximum absolute atomic E-state index is 13.2. The molecule has 2 N–H and O–H groups in total. The Hall–Kier alpha value is -3.17. The van der Waals surface area contributed by atoms with Crippen LogP contribution in [0.5, 0.6) is 11.5 Å². The molecule has 0 radical (unpaired) electrons. The minimum atomic E-state index is -0.892. The number of amides is 1. The van der Waals surface area contributed by atoms with Crippen molar-refractivity contribution in [3.8, 4) is 11.5 Å². The molecule has 4 rings (SSSR count). The maximum Gasteiger partial charge on any atom is 0.329 e. The lowest BCUT2D eigenvalue weighted by Gasteiger charge is -2.33. The molecular weight excluding hydrogens is 500 g/mol. The predicted molar refractivity (Wildman–Crippen MR) is 145 cm³/mol. The van der Waals surface area contributed by atoms with E-state index in [-0.39, 0.29) is 29.4 Å². The second kappa shape index (κ2) is 14.3. The zero-order valence-electron chi connectivity index (χ0n) is 22.8. The number of aromatic hydroxyl groups is 1. The van der Waals surface area contributed by atoms with Crippen molar-refractivity contribution in [3.63, 3.8) is 0 Å². The van der Waals surface area contributed by atoms with Gasteiger partial charge in [-0.2, -0.15) is 0 Å². The van der Waals surface area contributed by atoms with Crippen LogP contribution in [0, 0.1) is 0 Å². The number of rotatable bonds is 10. The molecule has 9 heteroatoms. The summed E-state index contributed by atoms with van der Waals surface area (Å²) in [6.45, 7) is 2.34. The Balaban J connectivity index is 1.42. The average Bonchev–Trinajstić information content (AvgIpc) is 3.46. The fourth-order valence-electron chi connectivity index (χ4n) is 5.37. The number of esters is 1. The highest BCUT2D eigenvalue weighted by Gasteiger charge is 2.37. The van der Waals surface area contributed by atoms with Gasteiger partial charge in [0.15, 0.2) is 17.2 Å². The third-order valence-corrected chi connectivity index (χ3v) is 7.46. The van der Waals surface area contributed by atoms with Gasteiger partial charge in [-0.15, -0.1) is 0 Å². The Morgan fingerprint density at radius 3 is 2.62 bits per heavy atom. The molecule has 0 spiro atoms. The summed E-state index contributed by atoms with van der Waals surface area (Å²) in [4.78, 5) is 30.1. The number of pyridine rings is 1. The molecule has 0 bridgehead atoms. The van der Waals surface area contributed by atoms with Gasteiger partial charge in [-0.1, -0.05) is 43.2 Å². The number of carbonyl (C=O) groups is 2. The van der Waals surface area contributed by atoms with E-state index in [1.165, 1.54) is 24.9 Å². The number of carbonyl (C=O) groups excluding carboxylic acids is 2. The fraction of sp³-hybridized carbons (Fsp3) is 0.567. The van der Waals surface area contributed by atoms with Gasteiger partial charge in [0.25, 0.3) is 5.91 Å². The van der Waals surface area contributed by atoms with Crippen molar-refractivity contribution in [1.82, 2.24) is 10.3 Å².